The third kappa shape index (κ3) is 5.48. The molecular weight excluding hydrogens is 415 g/mol. The molecule has 2 aromatic rings. The van der Waals surface area contributed by atoms with Crippen LogP contribution in [0.25, 0.3) is 0 Å². The van der Waals surface area contributed by atoms with E-state index >= 15 is 0 Å². The number of imidazole rings is 1. The molecule has 1 amide bonds. The maximum absolute atomic E-state index is 12.6. The maximum Gasteiger partial charge on any atom is 0.406 e. The normalized spacial score (nSPS) is 12.7. The quantitative estimate of drug-likeness (QED) is 0.692. The molecule has 0 bridgehead atoms. The van der Waals surface area contributed by atoms with E-state index in [2.05, 4.69) is 20.9 Å². The van der Waals surface area contributed by atoms with Crippen LogP contribution in [-0.2, 0) is 17.9 Å². The van der Waals surface area contributed by atoms with Gasteiger partial charge in [0.2, 0.25) is 0 Å². The first-order valence-corrected chi connectivity index (χ1v) is 8.60. The lowest BCUT2D eigenvalue weighted by molar-refractivity contribution is -0.141. The predicted molar refractivity (Wildman–Crippen MR) is 93.7 cm³/mol. The Labute approximate surface area is 157 Å². The zero-order chi connectivity index (χ0) is 19.5. The van der Waals surface area contributed by atoms with Gasteiger partial charge in [0.05, 0.1) is 11.0 Å². The second-order valence-corrected chi connectivity index (χ2v) is 6.83. The highest BCUT2D eigenvalue weighted by molar-refractivity contribution is 9.10. The van der Waals surface area contributed by atoms with Crippen LogP contribution in [0.3, 0.4) is 0 Å². The van der Waals surface area contributed by atoms with E-state index in [0.29, 0.717) is 5.75 Å². The molecule has 1 aromatic carbocycles. The molecule has 0 spiro atoms. The second-order valence-electron chi connectivity index (χ2n) is 5.97. The molecule has 0 radical (unpaired) electrons. The average molecular weight is 434 g/mol. The van der Waals surface area contributed by atoms with Crippen molar-refractivity contribution in [2.24, 2.45) is 0 Å². The molecule has 1 heterocycles. The molecular formula is C17H19BrF3N3O2. The monoisotopic (exact) mass is 433 g/mol. The van der Waals surface area contributed by atoms with Gasteiger partial charge in [0.25, 0.3) is 5.91 Å². The highest BCUT2D eigenvalue weighted by atomic mass is 79.9. The molecule has 1 atom stereocenters. The van der Waals surface area contributed by atoms with Gasteiger partial charge in [-0.1, -0.05) is 6.07 Å². The van der Waals surface area contributed by atoms with Gasteiger partial charge in [0, 0.05) is 19.4 Å². The molecule has 1 aromatic heterocycles. The number of hydrogen-bond donors (Lipinski definition) is 0. The molecule has 26 heavy (non-hydrogen) atoms. The molecule has 9 heteroatoms. The summed E-state index contributed by atoms with van der Waals surface area (Å²) < 4.78 is 45.1. The Hall–Kier alpha value is -2.03. The van der Waals surface area contributed by atoms with Crippen molar-refractivity contribution in [1.82, 2.24) is 14.5 Å². The number of nitrogens with zero attached hydrogens (tertiary/aromatic N) is 3. The summed E-state index contributed by atoms with van der Waals surface area (Å²) in [4.78, 5) is 17.7. The number of carbonyl (C=O) groups is 1. The molecule has 0 aliphatic heterocycles. The van der Waals surface area contributed by atoms with Gasteiger partial charge in [-0.2, -0.15) is 13.2 Å². The number of ether oxygens (including phenoxy) is 1. The van der Waals surface area contributed by atoms with Crippen molar-refractivity contribution in [3.63, 3.8) is 0 Å². The molecule has 0 saturated carbocycles. The van der Waals surface area contributed by atoms with Crippen molar-refractivity contribution in [2.75, 3.05) is 7.05 Å². The van der Waals surface area contributed by atoms with Crippen molar-refractivity contribution in [2.45, 2.75) is 39.2 Å². The van der Waals surface area contributed by atoms with E-state index in [9.17, 15) is 18.0 Å². The van der Waals surface area contributed by atoms with Crippen LogP contribution in [0.15, 0.2) is 35.1 Å². The summed E-state index contributed by atoms with van der Waals surface area (Å²) in [5.41, 5.74) is 1.04. The Balaban J connectivity index is 2.02. The Morgan fingerprint density at radius 3 is 2.73 bits per heavy atom. The number of alkyl halides is 3. The molecule has 0 aliphatic carbocycles. The van der Waals surface area contributed by atoms with Gasteiger partial charge < -0.3 is 14.2 Å². The number of halogens is 4. The lowest BCUT2D eigenvalue weighted by Gasteiger charge is -2.23. The minimum Gasteiger partial charge on any atom is -0.480 e. The lowest BCUT2D eigenvalue weighted by atomic mass is 10.2. The number of hydrogen-bond acceptors (Lipinski definition) is 3. The Morgan fingerprint density at radius 2 is 2.12 bits per heavy atom. The molecule has 2 rings (SSSR count). The number of rotatable bonds is 6. The summed E-state index contributed by atoms with van der Waals surface area (Å²) in [5, 5.41) is 0. The third-order valence-corrected chi connectivity index (χ3v) is 4.26. The first kappa shape index (κ1) is 20.3. The SMILES string of the molecule is Cc1ccc(OC(C)C(=O)N(C)Cc2nccn2CC(F)(F)F)c(Br)c1. The average Bonchev–Trinajstić information content (AvgIpc) is 2.94. The number of amides is 1. The second kappa shape index (κ2) is 8.11. The van der Waals surface area contributed by atoms with Gasteiger partial charge in [-0.15, -0.1) is 0 Å². The van der Waals surface area contributed by atoms with Crippen LogP contribution in [0, 0.1) is 6.92 Å². The van der Waals surface area contributed by atoms with Gasteiger partial charge in [0.15, 0.2) is 6.10 Å². The van der Waals surface area contributed by atoms with Crippen molar-refractivity contribution < 1.29 is 22.7 Å². The van der Waals surface area contributed by atoms with Crippen LogP contribution in [0.1, 0.15) is 18.3 Å². The van der Waals surface area contributed by atoms with E-state index in [1.54, 1.807) is 13.0 Å². The van der Waals surface area contributed by atoms with E-state index in [-0.39, 0.29) is 18.3 Å². The van der Waals surface area contributed by atoms with Crippen LogP contribution >= 0.6 is 15.9 Å². The van der Waals surface area contributed by atoms with Gasteiger partial charge in [-0.25, -0.2) is 4.98 Å². The third-order valence-electron chi connectivity index (χ3n) is 3.65. The molecule has 142 valence electrons. The topological polar surface area (TPSA) is 47.4 Å². The number of aryl methyl sites for hydroxylation is 1. The van der Waals surface area contributed by atoms with Crippen LogP contribution in [0.4, 0.5) is 13.2 Å². The fourth-order valence-electron chi connectivity index (χ4n) is 2.37. The lowest BCUT2D eigenvalue weighted by Crippen LogP contribution is -2.38. The summed E-state index contributed by atoms with van der Waals surface area (Å²) in [6.45, 7) is 2.32. The van der Waals surface area contributed by atoms with Crippen LogP contribution in [-0.4, -0.2) is 39.7 Å². The molecule has 0 saturated heterocycles. The number of benzene rings is 1. The smallest absolute Gasteiger partial charge is 0.406 e. The number of carbonyl (C=O) groups excluding carboxylic acids is 1. The fourth-order valence-corrected chi connectivity index (χ4v) is 2.96. The molecule has 0 aliphatic rings. The molecule has 1 unspecified atom stereocenters. The Bertz CT molecular complexity index is 777. The number of aromatic nitrogens is 2. The van der Waals surface area contributed by atoms with Crippen LogP contribution in [0.2, 0.25) is 0 Å². The van der Waals surface area contributed by atoms with Crippen LogP contribution < -0.4 is 4.74 Å². The molecule has 5 nitrogen and oxygen atoms in total. The Morgan fingerprint density at radius 1 is 1.42 bits per heavy atom. The predicted octanol–water partition coefficient (Wildman–Crippen LogP) is 3.94. The summed E-state index contributed by atoms with van der Waals surface area (Å²) in [6.07, 6.45) is -2.63. The van der Waals surface area contributed by atoms with E-state index in [0.717, 1.165) is 14.6 Å². The largest absolute Gasteiger partial charge is 0.480 e. The van der Waals surface area contributed by atoms with Crippen molar-refractivity contribution in [1.29, 1.82) is 0 Å². The zero-order valence-electron chi connectivity index (χ0n) is 14.5. The standard InChI is InChI=1S/C17H19BrF3N3O2/c1-11-4-5-14(13(18)8-11)26-12(2)16(25)23(3)9-15-22-6-7-24(15)10-17(19,20)21/h4-8,12H,9-10H2,1-3H3. The summed E-state index contributed by atoms with van der Waals surface area (Å²) >= 11 is 3.38. The minimum atomic E-state index is -4.36. The first-order valence-electron chi connectivity index (χ1n) is 7.81. The zero-order valence-corrected chi connectivity index (χ0v) is 16.1. The summed E-state index contributed by atoms with van der Waals surface area (Å²) in [6, 6.07) is 5.47. The maximum atomic E-state index is 12.6. The van der Waals surface area contributed by atoms with E-state index < -0.39 is 18.8 Å². The van der Waals surface area contributed by atoms with Crippen molar-refractivity contribution >= 4 is 21.8 Å². The van der Waals surface area contributed by atoms with Gasteiger partial charge in [0.1, 0.15) is 18.1 Å². The van der Waals surface area contributed by atoms with Gasteiger partial charge in [-0.05, 0) is 47.5 Å². The van der Waals surface area contributed by atoms with E-state index in [4.69, 9.17) is 4.74 Å². The highest BCUT2D eigenvalue weighted by Crippen LogP contribution is 2.27. The Kier molecular flexibility index (Phi) is 6.33. The van der Waals surface area contributed by atoms with Crippen LogP contribution in [0.5, 0.6) is 5.75 Å². The summed E-state index contributed by atoms with van der Waals surface area (Å²) in [7, 11) is 1.50. The van der Waals surface area contributed by atoms with Crippen molar-refractivity contribution in [3.8, 4) is 5.75 Å². The molecule has 0 fully saturated rings. The van der Waals surface area contributed by atoms with E-state index in [1.165, 1.54) is 24.3 Å². The van der Waals surface area contributed by atoms with Crippen molar-refractivity contribution in [3.05, 3.63) is 46.5 Å². The summed E-state index contributed by atoms with van der Waals surface area (Å²) in [5.74, 6) is 0.310. The first-order chi connectivity index (χ1) is 12.1. The minimum absolute atomic E-state index is 0.0509. The molecule has 0 N–H and O–H groups in total. The van der Waals surface area contributed by atoms with Gasteiger partial charge in [-0.3, -0.25) is 4.79 Å². The van der Waals surface area contributed by atoms with E-state index in [1.807, 2.05) is 19.1 Å². The number of likely N-dealkylation sites (N-methyl/N-ethyl adjacent to an activating group) is 1. The fraction of sp³-hybridized carbons (Fsp3) is 0.412. The van der Waals surface area contributed by atoms with Gasteiger partial charge >= 0.3 is 6.18 Å². The highest BCUT2D eigenvalue weighted by Gasteiger charge is 2.29.